The summed E-state index contributed by atoms with van der Waals surface area (Å²) in [6.07, 6.45) is 2.56. The van der Waals surface area contributed by atoms with E-state index in [9.17, 15) is 19.5 Å². The Hall–Kier alpha value is -2.06. The molecule has 0 atom stereocenters. The van der Waals surface area contributed by atoms with Gasteiger partial charge >= 0.3 is 0 Å². The molecule has 25 heavy (non-hydrogen) atoms. The standard InChI is InChI=1S/C17H21N3O4S/c1-25-8-15(22)18-5-4-17(24)9-20(10-17)16(23)11-2-3-13-12(6-11)7-14(21)19-13/h2-3,6,24H,4-5,7-10H2,1H3,(H,18,22)(H,19,21). The fourth-order valence-corrected chi connectivity index (χ4v) is 3.49. The van der Waals surface area contributed by atoms with Gasteiger partial charge in [-0.2, -0.15) is 11.8 Å². The van der Waals surface area contributed by atoms with E-state index >= 15 is 0 Å². The van der Waals surface area contributed by atoms with Gasteiger partial charge in [0.05, 0.1) is 25.3 Å². The zero-order chi connectivity index (χ0) is 18.0. The van der Waals surface area contributed by atoms with Crippen LogP contribution in [-0.2, 0) is 16.0 Å². The average Bonchev–Trinajstić information content (AvgIpc) is 2.91. The van der Waals surface area contributed by atoms with Crippen molar-refractivity contribution in [1.29, 1.82) is 0 Å². The number of carbonyl (C=O) groups excluding carboxylic acids is 3. The summed E-state index contributed by atoms with van der Waals surface area (Å²) >= 11 is 1.44. The molecule has 0 radical (unpaired) electrons. The Bertz CT molecular complexity index is 716. The molecule has 1 saturated heterocycles. The minimum absolute atomic E-state index is 0.0512. The van der Waals surface area contributed by atoms with Crippen LogP contribution in [0.2, 0.25) is 0 Å². The van der Waals surface area contributed by atoms with Gasteiger partial charge in [0.2, 0.25) is 11.8 Å². The number of nitrogens with one attached hydrogen (secondary N) is 2. The Morgan fingerprint density at radius 3 is 2.88 bits per heavy atom. The third-order valence-corrected chi connectivity index (χ3v) is 4.97. The maximum absolute atomic E-state index is 12.5. The summed E-state index contributed by atoms with van der Waals surface area (Å²) in [4.78, 5) is 36.9. The zero-order valence-electron chi connectivity index (χ0n) is 14.0. The first-order valence-corrected chi connectivity index (χ1v) is 9.50. The molecule has 3 rings (SSSR count). The van der Waals surface area contributed by atoms with Crippen LogP contribution in [0.1, 0.15) is 22.3 Å². The van der Waals surface area contributed by atoms with Crippen LogP contribution in [0.3, 0.4) is 0 Å². The van der Waals surface area contributed by atoms with Crippen LogP contribution in [-0.4, -0.2) is 65.0 Å². The van der Waals surface area contributed by atoms with Crippen LogP contribution in [0.5, 0.6) is 0 Å². The number of rotatable bonds is 6. The number of likely N-dealkylation sites (tertiary alicyclic amines) is 1. The lowest BCUT2D eigenvalue weighted by molar-refractivity contribution is -0.119. The molecule has 1 aromatic rings. The quantitative estimate of drug-likeness (QED) is 0.672. The number of anilines is 1. The molecule has 3 N–H and O–H groups in total. The van der Waals surface area contributed by atoms with Crippen LogP contribution in [0.25, 0.3) is 0 Å². The number of hydrogen-bond acceptors (Lipinski definition) is 5. The first-order valence-electron chi connectivity index (χ1n) is 8.10. The Morgan fingerprint density at radius 2 is 2.16 bits per heavy atom. The van der Waals surface area contributed by atoms with E-state index in [1.54, 1.807) is 23.1 Å². The lowest BCUT2D eigenvalue weighted by atomic mass is 9.89. The predicted molar refractivity (Wildman–Crippen MR) is 95.6 cm³/mol. The number of aliphatic hydroxyl groups is 1. The normalized spacial score (nSPS) is 17.5. The van der Waals surface area contributed by atoms with Gasteiger partial charge in [-0.3, -0.25) is 14.4 Å². The van der Waals surface area contributed by atoms with Gasteiger partial charge in [-0.05, 0) is 36.4 Å². The molecular formula is C17H21N3O4S. The molecule has 0 unspecified atom stereocenters. The van der Waals surface area contributed by atoms with E-state index in [2.05, 4.69) is 10.6 Å². The van der Waals surface area contributed by atoms with Crippen molar-refractivity contribution in [3.05, 3.63) is 29.3 Å². The van der Waals surface area contributed by atoms with Crippen LogP contribution in [0.4, 0.5) is 5.69 Å². The Morgan fingerprint density at radius 1 is 1.40 bits per heavy atom. The molecule has 0 saturated carbocycles. The van der Waals surface area contributed by atoms with Gasteiger partial charge in [0.1, 0.15) is 5.60 Å². The van der Waals surface area contributed by atoms with Gasteiger partial charge in [-0.15, -0.1) is 0 Å². The number of thioether (sulfide) groups is 1. The first-order chi connectivity index (χ1) is 11.9. The number of nitrogens with zero attached hydrogens (tertiary/aromatic N) is 1. The summed E-state index contributed by atoms with van der Waals surface area (Å²) in [5.41, 5.74) is 1.15. The fraction of sp³-hybridized carbons (Fsp3) is 0.471. The van der Waals surface area contributed by atoms with Crippen molar-refractivity contribution in [2.24, 2.45) is 0 Å². The molecule has 2 aliphatic heterocycles. The number of β-amino-alcohol motifs (C(OH)–C–C–N with tert-alkyl or cyclic N) is 1. The molecule has 134 valence electrons. The molecule has 0 aromatic heterocycles. The highest BCUT2D eigenvalue weighted by Gasteiger charge is 2.43. The van der Waals surface area contributed by atoms with Crippen molar-refractivity contribution in [3.63, 3.8) is 0 Å². The van der Waals surface area contributed by atoms with Crippen molar-refractivity contribution >= 4 is 35.2 Å². The molecular weight excluding hydrogens is 342 g/mol. The fourth-order valence-electron chi connectivity index (χ4n) is 3.13. The number of hydrogen-bond donors (Lipinski definition) is 3. The summed E-state index contributed by atoms with van der Waals surface area (Å²) < 4.78 is 0. The summed E-state index contributed by atoms with van der Waals surface area (Å²) in [6.45, 7) is 0.890. The zero-order valence-corrected chi connectivity index (χ0v) is 14.8. The molecule has 0 aliphatic carbocycles. The van der Waals surface area contributed by atoms with E-state index in [1.165, 1.54) is 11.8 Å². The monoisotopic (exact) mass is 363 g/mol. The van der Waals surface area contributed by atoms with Crippen LogP contribution < -0.4 is 10.6 Å². The highest BCUT2D eigenvalue weighted by molar-refractivity contribution is 7.99. The van der Waals surface area contributed by atoms with E-state index in [-0.39, 0.29) is 37.2 Å². The van der Waals surface area contributed by atoms with Crippen molar-refractivity contribution in [2.75, 3.05) is 37.0 Å². The average molecular weight is 363 g/mol. The topological polar surface area (TPSA) is 98.7 Å². The van der Waals surface area contributed by atoms with Crippen molar-refractivity contribution in [1.82, 2.24) is 10.2 Å². The van der Waals surface area contributed by atoms with Crippen LogP contribution in [0.15, 0.2) is 18.2 Å². The third kappa shape index (κ3) is 3.96. The molecule has 2 heterocycles. The minimum Gasteiger partial charge on any atom is -0.386 e. The maximum Gasteiger partial charge on any atom is 0.254 e. The van der Waals surface area contributed by atoms with E-state index in [1.807, 2.05) is 6.26 Å². The van der Waals surface area contributed by atoms with Gasteiger partial charge in [0, 0.05) is 17.8 Å². The van der Waals surface area contributed by atoms with Crippen molar-refractivity contribution in [2.45, 2.75) is 18.4 Å². The Kier molecular flexibility index (Phi) is 5.01. The number of fused-ring (bicyclic) bond motifs is 1. The Labute approximate surface area is 150 Å². The molecule has 1 fully saturated rings. The summed E-state index contributed by atoms with van der Waals surface area (Å²) in [7, 11) is 0. The van der Waals surface area contributed by atoms with Gasteiger partial charge in [0.25, 0.3) is 5.91 Å². The van der Waals surface area contributed by atoms with Crippen LogP contribution in [0, 0.1) is 0 Å². The van der Waals surface area contributed by atoms with E-state index in [0.29, 0.717) is 24.3 Å². The van der Waals surface area contributed by atoms with Gasteiger partial charge < -0.3 is 20.6 Å². The lowest BCUT2D eigenvalue weighted by Crippen LogP contribution is -2.64. The molecule has 0 spiro atoms. The number of carbonyl (C=O) groups is 3. The number of benzene rings is 1. The second-order valence-electron chi connectivity index (χ2n) is 6.52. The van der Waals surface area contributed by atoms with Crippen LogP contribution >= 0.6 is 11.8 Å². The highest BCUT2D eigenvalue weighted by Crippen LogP contribution is 2.28. The number of amides is 3. The highest BCUT2D eigenvalue weighted by atomic mass is 32.2. The summed E-state index contributed by atoms with van der Waals surface area (Å²) in [5.74, 6) is 0.128. The summed E-state index contributed by atoms with van der Waals surface area (Å²) in [6, 6.07) is 5.16. The van der Waals surface area contributed by atoms with E-state index in [4.69, 9.17) is 0 Å². The second kappa shape index (κ2) is 7.05. The molecule has 1 aromatic carbocycles. The third-order valence-electron chi connectivity index (χ3n) is 4.42. The molecule has 3 amide bonds. The molecule has 7 nitrogen and oxygen atoms in total. The summed E-state index contributed by atoms with van der Waals surface area (Å²) in [5, 5.41) is 15.9. The van der Waals surface area contributed by atoms with E-state index in [0.717, 1.165) is 11.3 Å². The minimum atomic E-state index is -0.948. The first kappa shape index (κ1) is 17.8. The van der Waals surface area contributed by atoms with Crippen molar-refractivity contribution < 1.29 is 19.5 Å². The molecule has 2 aliphatic rings. The smallest absolute Gasteiger partial charge is 0.254 e. The van der Waals surface area contributed by atoms with Gasteiger partial charge in [-0.1, -0.05) is 0 Å². The lowest BCUT2D eigenvalue weighted by Gasteiger charge is -2.46. The second-order valence-corrected chi connectivity index (χ2v) is 7.38. The molecule has 8 heteroatoms. The van der Waals surface area contributed by atoms with Gasteiger partial charge in [-0.25, -0.2) is 0 Å². The van der Waals surface area contributed by atoms with Gasteiger partial charge in [0.15, 0.2) is 0 Å². The maximum atomic E-state index is 12.5. The Balaban J connectivity index is 1.50. The molecule has 0 bridgehead atoms. The van der Waals surface area contributed by atoms with E-state index < -0.39 is 5.60 Å². The van der Waals surface area contributed by atoms with Crippen molar-refractivity contribution in [3.8, 4) is 0 Å². The largest absolute Gasteiger partial charge is 0.386 e. The SMILES string of the molecule is CSCC(=O)NCCC1(O)CN(C(=O)c2ccc3c(c2)CC(=O)N3)C1. The predicted octanol–water partition coefficient (Wildman–Crippen LogP) is 0.237.